The molecule has 3 aromatic rings. The van der Waals surface area contributed by atoms with Crippen molar-refractivity contribution >= 4 is 21.6 Å². The lowest BCUT2D eigenvalue weighted by Crippen LogP contribution is -2.42. The van der Waals surface area contributed by atoms with Gasteiger partial charge in [0.2, 0.25) is 15.9 Å². The number of hydrogen-bond donors (Lipinski definition) is 2. The van der Waals surface area contributed by atoms with Crippen LogP contribution in [0.2, 0.25) is 0 Å². The highest BCUT2D eigenvalue weighted by molar-refractivity contribution is 7.89. The van der Waals surface area contributed by atoms with E-state index in [4.69, 9.17) is 4.74 Å². The number of nitrogens with one attached hydrogen (secondary N) is 2. The third-order valence-electron chi connectivity index (χ3n) is 4.71. The van der Waals surface area contributed by atoms with E-state index in [9.17, 15) is 13.2 Å². The van der Waals surface area contributed by atoms with Crippen LogP contribution < -0.4 is 14.8 Å². The van der Waals surface area contributed by atoms with Gasteiger partial charge in [0, 0.05) is 0 Å². The Morgan fingerprint density at radius 1 is 0.903 bits per heavy atom. The molecule has 1 atom stereocenters. The first-order valence-electron chi connectivity index (χ1n) is 9.90. The van der Waals surface area contributed by atoms with Crippen LogP contribution in [0, 0.1) is 20.8 Å². The van der Waals surface area contributed by atoms with Crippen molar-refractivity contribution < 1.29 is 17.9 Å². The molecule has 0 aliphatic heterocycles. The van der Waals surface area contributed by atoms with E-state index in [1.54, 1.807) is 38.1 Å². The summed E-state index contributed by atoms with van der Waals surface area (Å²) >= 11 is 0. The Balaban J connectivity index is 1.76. The summed E-state index contributed by atoms with van der Waals surface area (Å²) in [4.78, 5) is 13.0. The van der Waals surface area contributed by atoms with Crippen molar-refractivity contribution in [1.82, 2.24) is 4.72 Å². The van der Waals surface area contributed by atoms with E-state index in [1.807, 2.05) is 49.4 Å². The van der Waals surface area contributed by atoms with Crippen molar-refractivity contribution in [3.05, 3.63) is 83.4 Å². The monoisotopic (exact) mass is 438 g/mol. The summed E-state index contributed by atoms with van der Waals surface area (Å²) in [6.07, 6.45) is 0. The molecule has 0 saturated carbocycles. The summed E-state index contributed by atoms with van der Waals surface area (Å²) in [5.74, 6) is 0.598. The number of amides is 1. The molecule has 0 saturated heterocycles. The van der Waals surface area contributed by atoms with Crippen LogP contribution >= 0.6 is 0 Å². The van der Waals surface area contributed by atoms with Crippen LogP contribution in [0.4, 0.5) is 5.69 Å². The third-order valence-corrected chi connectivity index (χ3v) is 6.56. The standard InChI is InChI=1S/C24H26N2O4S/c1-16-14-17(2)23(18(3)15-16)31(28,29)26-19(4)24(27)25-21-12-8-9-13-22(21)30-20-10-6-5-7-11-20/h5-15,19,26H,1-4H3,(H,25,27). The van der Waals surface area contributed by atoms with E-state index >= 15 is 0 Å². The van der Waals surface area contributed by atoms with Crippen molar-refractivity contribution in [2.75, 3.05) is 5.32 Å². The lowest BCUT2D eigenvalue weighted by atomic mass is 10.1. The van der Waals surface area contributed by atoms with Gasteiger partial charge in [-0.2, -0.15) is 4.72 Å². The molecule has 0 fully saturated rings. The summed E-state index contributed by atoms with van der Waals surface area (Å²) < 4.78 is 34.2. The lowest BCUT2D eigenvalue weighted by molar-refractivity contribution is -0.117. The van der Waals surface area contributed by atoms with Gasteiger partial charge in [0.25, 0.3) is 0 Å². The predicted molar refractivity (Wildman–Crippen MR) is 122 cm³/mol. The molecule has 1 amide bonds. The Morgan fingerprint density at radius 2 is 1.48 bits per heavy atom. The van der Waals surface area contributed by atoms with Crippen LogP contribution in [0.1, 0.15) is 23.6 Å². The highest BCUT2D eigenvalue weighted by Crippen LogP contribution is 2.29. The number of anilines is 1. The second-order valence-corrected chi connectivity index (χ2v) is 9.12. The summed E-state index contributed by atoms with van der Waals surface area (Å²) in [5.41, 5.74) is 2.71. The van der Waals surface area contributed by atoms with Gasteiger partial charge >= 0.3 is 0 Å². The highest BCUT2D eigenvalue weighted by atomic mass is 32.2. The molecule has 1 unspecified atom stereocenters. The van der Waals surface area contributed by atoms with E-state index in [-0.39, 0.29) is 4.90 Å². The molecule has 0 aromatic heterocycles. The molecule has 0 aliphatic rings. The van der Waals surface area contributed by atoms with E-state index in [2.05, 4.69) is 10.0 Å². The summed E-state index contributed by atoms with van der Waals surface area (Å²) in [6.45, 7) is 6.91. The van der Waals surface area contributed by atoms with Gasteiger partial charge < -0.3 is 10.1 Å². The maximum atomic E-state index is 12.9. The van der Waals surface area contributed by atoms with Crippen molar-refractivity contribution in [3.8, 4) is 11.5 Å². The number of rotatable bonds is 7. The molecule has 6 nitrogen and oxygen atoms in total. The molecule has 0 radical (unpaired) electrons. The smallest absolute Gasteiger partial charge is 0.242 e. The largest absolute Gasteiger partial charge is 0.455 e. The number of hydrogen-bond acceptors (Lipinski definition) is 4. The number of sulfonamides is 1. The number of benzene rings is 3. The predicted octanol–water partition coefficient (Wildman–Crippen LogP) is 4.71. The minimum Gasteiger partial charge on any atom is -0.455 e. The molecule has 7 heteroatoms. The molecule has 162 valence electrons. The summed E-state index contributed by atoms with van der Waals surface area (Å²) in [6, 6.07) is 18.8. The van der Waals surface area contributed by atoms with Gasteiger partial charge in [-0.05, 0) is 63.1 Å². The number of para-hydroxylation sites is 3. The van der Waals surface area contributed by atoms with E-state index in [0.717, 1.165) is 5.56 Å². The van der Waals surface area contributed by atoms with Gasteiger partial charge in [-0.15, -0.1) is 0 Å². The first-order valence-corrected chi connectivity index (χ1v) is 11.4. The first kappa shape index (κ1) is 22.5. The maximum absolute atomic E-state index is 12.9. The van der Waals surface area contributed by atoms with Crippen LogP contribution in [0.15, 0.2) is 71.6 Å². The second-order valence-electron chi connectivity index (χ2n) is 7.47. The molecule has 0 spiro atoms. The fourth-order valence-corrected chi connectivity index (χ4v) is 5.11. The molecule has 31 heavy (non-hydrogen) atoms. The van der Waals surface area contributed by atoms with E-state index in [0.29, 0.717) is 28.3 Å². The van der Waals surface area contributed by atoms with Gasteiger partial charge in [-0.25, -0.2) is 8.42 Å². The van der Waals surface area contributed by atoms with Crippen molar-refractivity contribution in [1.29, 1.82) is 0 Å². The molecule has 0 heterocycles. The van der Waals surface area contributed by atoms with Crippen LogP contribution in [-0.4, -0.2) is 20.4 Å². The lowest BCUT2D eigenvalue weighted by Gasteiger charge is -2.18. The molecule has 3 rings (SSSR count). The minimum absolute atomic E-state index is 0.200. The minimum atomic E-state index is -3.88. The molecule has 2 N–H and O–H groups in total. The van der Waals surface area contributed by atoms with Gasteiger partial charge in [0.1, 0.15) is 5.75 Å². The van der Waals surface area contributed by atoms with Crippen LogP contribution in [0.25, 0.3) is 0 Å². The fourth-order valence-electron chi connectivity index (χ4n) is 3.45. The maximum Gasteiger partial charge on any atom is 0.242 e. The molecular weight excluding hydrogens is 412 g/mol. The second kappa shape index (κ2) is 9.32. The van der Waals surface area contributed by atoms with Gasteiger partial charge in [0.15, 0.2) is 5.75 Å². The molecule has 0 aliphatic carbocycles. The Kier molecular flexibility index (Phi) is 6.77. The zero-order valence-electron chi connectivity index (χ0n) is 18.0. The van der Waals surface area contributed by atoms with Crippen molar-refractivity contribution in [2.45, 2.75) is 38.6 Å². The van der Waals surface area contributed by atoms with Gasteiger partial charge in [-0.3, -0.25) is 4.79 Å². The van der Waals surface area contributed by atoms with Crippen molar-refractivity contribution in [2.24, 2.45) is 0 Å². The molecular formula is C24H26N2O4S. The fraction of sp³-hybridized carbons (Fsp3) is 0.208. The Hall–Kier alpha value is -3.16. The Morgan fingerprint density at radius 3 is 2.13 bits per heavy atom. The highest BCUT2D eigenvalue weighted by Gasteiger charge is 2.25. The topological polar surface area (TPSA) is 84.5 Å². The van der Waals surface area contributed by atoms with E-state index in [1.165, 1.54) is 6.92 Å². The molecule has 0 bridgehead atoms. The number of carbonyl (C=O) groups excluding carboxylic acids is 1. The van der Waals surface area contributed by atoms with E-state index < -0.39 is 22.0 Å². The first-order chi connectivity index (χ1) is 14.7. The van der Waals surface area contributed by atoms with Crippen LogP contribution in [-0.2, 0) is 14.8 Å². The van der Waals surface area contributed by atoms with Crippen molar-refractivity contribution in [3.63, 3.8) is 0 Å². The number of aryl methyl sites for hydroxylation is 3. The SMILES string of the molecule is Cc1cc(C)c(S(=O)(=O)NC(C)C(=O)Nc2ccccc2Oc2ccccc2)c(C)c1. The van der Waals surface area contributed by atoms with Gasteiger partial charge in [0.05, 0.1) is 16.6 Å². The number of carbonyl (C=O) groups is 1. The Labute approximate surface area is 183 Å². The normalized spacial score (nSPS) is 12.3. The third kappa shape index (κ3) is 5.51. The number of ether oxygens (including phenoxy) is 1. The summed E-state index contributed by atoms with van der Waals surface area (Å²) in [7, 11) is -3.88. The average molecular weight is 439 g/mol. The zero-order chi connectivity index (χ0) is 22.6. The average Bonchev–Trinajstić information content (AvgIpc) is 2.68. The quantitative estimate of drug-likeness (QED) is 0.560. The van der Waals surface area contributed by atoms with Crippen LogP contribution in [0.5, 0.6) is 11.5 Å². The Bertz CT molecular complexity index is 1170. The summed E-state index contributed by atoms with van der Waals surface area (Å²) in [5, 5.41) is 2.75. The van der Waals surface area contributed by atoms with Crippen LogP contribution in [0.3, 0.4) is 0 Å². The van der Waals surface area contributed by atoms with Gasteiger partial charge in [-0.1, -0.05) is 48.0 Å². The molecule has 3 aromatic carbocycles. The zero-order valence-corrected chi connectivity index (χ0v) is 18.8.